The van der Waals surface area contributed by atoms with Crippen molar-refractivity contribution in [3.63, 3.8) is 0 Å². The molecule has 2 fully saturated rings. The first-order valence-corrected chi connectivity index (χ1v) is 10.8. The van der Waals surface area contributed by atoms with Crippen molar-refractivity contribution in [2.75, 3.05) is 36.1 Å². The van der Waals surface area contributed by atoms with Gasteiger partial charge in [-0.3, -0.25) is 0 Å². The number of hydrogen-bond donors (Lipinski definition) is 1. The van der Waals surface area contributed by atoms with Crippen LogP contribution < -0.4 is 10.6 Å². The van der Waals surface area contributed by atoms with Crippen LogP contribution in [0.3, 0.4) is 0 Å². The Labute approximate surface area is 158 Å². The van der Waals surface area contributed by atoms with E-state index in [1.165, 1.54) is 0 Å². The summed E-state index contributed by atoms with van der Waals surface area (Å²) in [5, 5.41) is -0.575. The standard InChI is InChI=1S/C18H23N5O3S/c1-12-11-26-7-6-23(12)17-10-14(15-3-2-8-27(15,24)25)21-18(22-17)13-4-5-20-16(19)9-13/h4-5,9-10,12,15H,2-3,6-8,11H2,1H3,(H2,19,20)/t12-,15+/m1/s1. The van der Waals surface area contributed by atoms with Crippen LogP contribution in [0, 0.1) is 0 Å². The normalized spacial score (nSPS) is 24.9. The first-order valence-electron chi connectivity index (χ1n) is 9.11. The van der Waals surface area contributed by atoms with Gasteiger partial charge < -0.3 is 15.4 Å². The second-order valence-corrected chi connectivity index (χ2v) is 9.36. The largest absolute Gasteiger partial charge is 0.384 e. The van der Waals surface area contributed by atoms with Crippen molar-refractivity contribution in [1.29, 1.82) is 0 Å². The number of nitrogens with zero attached hydrogens (tertiary/aromatic N) is 4. The second-order valence-electron chi connectivity index (χ2n) is 7.06. The van der Waals surface area contributed by atoms with Gasteiger partial charge in [0, 0.05) is 24.4 Å². The van der Waals surface area contributed by atoms with Crippen molar-refractivity contribution in [2.24, 2.45) is 0 Å². The minimum absolute atomic E-state index is 0.150. The third kappa shape index (κ3) is 3.61. The number of morpholine rings is 1. The predicted molar refractivity (Wildman–Crippen MR) is 103 cm³/mol. The Morgan fingerprint density at radius 2 is 2.15 bits per heavy atom. The van der Waals surface area contributed by atoms with E-state index in [9.17, 15) is 8.42 Å². The Kier molecular flexibility index (Phi) is 4.73. The number of nitrogens with two attached hydrogens (primary N) is 1. The molecular formula is C18H23N5O3S. The molecule has 2 N–H and O–H groups in total. The third-order valence-corrected chi connectivity index (χ3v) is 7.29. The maximum atomic E-state index is 12.5. The van der Waals surface area contributed by atoms with E-state index in [2.05, 4.69) is 21.8 Å². The van der Waals surface area contributed by atoms with Crippen LogP contribution in [0.25, 0.3) is 11.4 Å². The number of rotatable bonds is 3. The lowest BCUT2D eigenvalue weighted by Gasteiger charge is -2.34. The van der Waals surface area contributed by atoms with Gasteiger partial charge in [0.2, 0.25) is 0 Å². The number of ether oxygens (including phenoxy) is 1. The minimum Gasteiger partial charge on any atom is -0.384 e. The number of anilines is 2. The fraction of sp³-hybridized carbons (Fsp3) is 0.500. The summed E-state index contributed by atoms with van der Waals surface area (Å²) in [6, 6.07) is 5.46. The lowest BCUT2D eigenvalue weighted by molar-refractivity contribution is 0.0985. The van der Waals surface area contributed by atoms with Crippen LogP contribution in [-0.2, 0) is 14.6 Å². The number of hydrogen-bond acceptors (Lipinski definition) is 8. The number of pyridine rings is 1. The second kappa shape index (κ2) is 7.05. The summed E-state index contributed by atoms with van der Waals surface area (Å²) in [4.78, 5) is 15.5. The monoisotopic (exact) mass is 389 g/mol. The number of sulfone groups is 1. The number of nitrogen functional groups attached to an aromatic ring is 1. The van der Waals surface area contributed by atoms with Crippen molar-refractivity contribution < 1.29 is 13.2 Å². The lowest BCUT2D eigenvalue weighted by Crippen LogP contribution is -2.44. The average molecular weight is 389 g/mol. The highest BCUT2D eigenvalue weighted by Gasteiger charge is 2.35. The molecule has 2 saturated heterocycles. The average Bonchev–Trinajstić information content (AvgIpc) is 3.01. The molecule has 2 atom stereocenters. The molecule has 9 heteroatoms. The van der Waals surface area contributed by atoms with E-state index in [0.717, 1.165) is 11.4 Å². The van der Waals surface area contributed by atoms with E-state index in [1.54, 1.807) is 18.3 Å². The quantitative estimate of drug-likeness (QED) is 0.842. The van der Waals surface area contributed by atoms with Crippen molar-refractivity contribution >= 4 is 21.5 Å². The highest BCUT2D eigenvalue weighted by molar-refractivity contribution is 7.91. The van der Waals surface area contributed by atoms with Crippen LogP contribution in [-0.4, -0.2) is 54.9 Å². The van der Waals surface area contributed by atoms with Gasteiger partial charge in [-0.25, -0.2) is 23.4 Å². The van der Waals surface area contributed by atoms with Crippen LogP contribution in [0.15, 0.2) is 24.4 Å². The van der Waals surface area contributed by atoms with Gasteiger partial charge in [-0.1, -0.05) is 0 Å². The zero-order valence-electron chi connectivity index (χ0n) is 15.2. The molecule has 0 aromatic carbocycles. The molecule has 0 spiro atoms. The molecule has 2 aromatic heterocycles. The zero-order chi connectivity index (χ0) is 19.0. The smallest absolute Gasteiger partial charge is 0.161 e. The highest BCUT2D eigenvalue weighted by Crippen LogP contribution is 2.36. The molecule has 0 bridgehead atoms. The molecule has 2 aromatic rings. The maximum Gasteiger partial charge on any atom is 0.161 e. The fourth-order valence-corrected chi connectivity index (χ4v) is 5.54. The van der Waals surface area contributed by atoms with Gasteiger partial charge in [-0.15, -0.1) is 0 Å². The van der Waals surface area contributed by atoms with Gasteiger partial charge in [0.05, 0.1) is 30.7 Å². The van der Waals surface area contributed by atoms with Gasteiger partial charge in [0.25, 0.3) is 0 Å². The summed E-state index contributed by atoms with van der Waals surface area (Å²) in [7, 11) is -3.18. The van der Waals surface area contributed by atoms with E-state index in [-0.39, 0.29) is 11.8 Å². The van der Waals surface area contributed by atoms with Crippen LogP contribution in [0.4, 0.5) is 11.6 Å². The molecule has 0 unspecified atom stereocenters. The van der Waals surface area contributed by atoms with Crippen molar-refractivity contribution in [3.05, 3.63) is 30.1 Å². The van der Waals surface area contributed by atoms with Gasteiger partial charge in [-0.2, -0.15) is 0 Å². The molecule has 144 valence electrons. The molecule has 0 radical (unpaired) electrons. The third-order valence-electron chi connectivity index (χ3n) is 5.09. The molecule has 0 saturated carbocycles. The van der Waals surface area contributed by atoms with E-state index in [4.69, 9.17) is 15.5 Å². The van der Waals surface area contributed by atoms with E-state index in [1.807, 2.05) is 6.07 Å². The maximum absolute atomic E-state index is 12.5. The highest BCUT2D eigenvalue weighted by atomic mass is 32.2. The van der Waals surface area contributed by atoms with E-state index in [0.29, 0.717) is 49.9 Å². The summed E-state index contributed by atoms with van der Waals surface area (Å²) in [5.41, 5.74) is 7.09. The van der Waals surface area contributed by atoms with Crippen LogP contribution in [0.1, 0.15) is 30.7 Å². The summed E-state index contributed by atoms with van der Waals surface area (Å²) in [6.45, 7) is 3.99. The Hall–Kier alpha value is -2.26. The molecule has 8 nitrogen and oxygen atoms in total. The molecule has 0 aliphatic carbocycles. The van der Waals surface area contributed by atoms with Gasteiger partial charge in [0.15, 0.2) is 15.7 Å². The van der Waals surface area contributed by atoms with Gasteiger partial charge >= 0.3 is 0 Å². The molecule has 4 heterocycles. The van der Waals surface area contributed by atoms with Crippen molar-refractivity contribution in [2.45, 2.75) is 31.1 Å². The topological polar surface area (TPSA) is 111 Å². The molecule has 2 aliphatic rings. The molecule has 0 amide bonds. The van der Waals surface area contributed by atoms with Crippen molar-refractivity contribution in [3.8, 4) is 11.4 Å². The molecular weight excluding hydrogens is 366 g/mol. The summed E-state index contributed by atoms with van der Waals surface area (Å²) in [5.74, 6) is 1.78. The van der Waals surface area contributed by atoms with Crippen LogP contribution in [0.5, 0.6) is 0 Å². The lowest BCUT2D eigenvalue weighted by atomic mass is 10.1. The molecule has 4 rings (SSSR count). The Bertz CT molecular complexity index is 950. The fourth-order valence-electron chi connectivity index (χ4n) is 3.67. The van der Waals surface area contributed by atoms with E-state index >= 15 is 0 Å². The predicted octanol–water partition coefficient (Wildman–Crippen LogP) is 1.60. The summed E-state index contributed by atoms with van der Waals surface area (Å²) in [6.07, 6.45) is 2.86. The van der Waals surface area contributed by atoms with Gasteiger partial charge in [0.1, 0.15) is 16.9 Å². The Balaban J connectivity index is 1.83. The van der Waals surface area contributed by atoms with E-state index < -0.39 is 15.1 Å². The minimum atomic E-state index is -3.18. The Morgan fingerprint density at radius 1 is 1.30 bits per heavy atom. The first-order chi connectivity index (χ1) is 12.9. The van der Waals surface area contributed by atoms with Crippen LogP contribution in [0.2, 0.25) is 0 Å². The van der Waals surface area contributed by atoms with Crippen molar-refractivity contribution in [1.82, 2.24) is 15.0 Å². The van der Waals surface area contributed by atoms with Gasteiger partial charge in [-0.05, 0) is 31.9 Å². The zero-order valence-corrected chi connectivity index (χ0v) is 16.0. The SMILES string of the molecule is C[C@@H]1COCCN1c1cc([C@@H]2CCCS2(=O)=O)nc(-c2ccnc(N)c2)n1. The molecule has 2 aliphatic heterocycles. The summed E-state index contributed by atoms with van der Waals surface area (Å²) >= 11 is 0. The Morgan fingerprint density at radius 3 is 2.85 bits per heavy atom. The van der Waals surface area contributed by atoms with Crippen LogP contribution >= 0.6 is 0 Å². The first kappa shape index (κ1) is 18.1. The molecule has 27 heavy (non-hydrogen) atoms. The number of aromatic nitrogens is 3. The summed E-state index contributed by atoms with van der Waals surface area (Å²) < 4.78 is 30.5.